The number of para-hydroxylation sites is 1. The molecule has 3 rings (SSSR count). The highest BCUT2D eigenvalue weighted by Crippen LogP contribution is 2.26. The van der Waals surface area contributed by atoms with Crippen LogP contribution in [0.15, 0.2) is 89.1 Å². The molecule has 128 valence electrons. The molecule has 0 radical (unpaired) electrons. The van der Waals surface area contributed by atoms with Gasteiger partial charge in [0.05, 0.1) is 6.21 Å². The molecule has 26 heavy (non-hydrogen) atoms. The van der Waals surface area contributed by atoms with Gasteiger partial charge in [0.1, 0.15) is 5.71 Å². The van der Waals surface area contributed by atoms with E-state index in [1.54, 1.807) is 48.5 Å². The Morgan fingerprint density at radius 1 is 0.769 bits per heavy atom. The summed E-state index contributed by atoms with van der Waals surface area (Å²) in [6.07, 6.45) is 1.29. The van der Waals surface area contributed by atoms with Crippen LogP contribution >= 0.6 is 0 Å². The maximum Gasteiger partial charge on any atom is 0.213 e. The molecule has 3 aromatic carbocycles. The van der Waals surface area contributed by atoms with E-state index in [1.165, 1.54) is 12.3 Å². The van der Waals surface area contributed by atoms with Crippen LogP contribution in [-0.2, 0) is 0 Å². The number of carbonyl (C=O) groups excluding carboxylic acids is 1. The molecule has 0 aliphatic carbocycles. The highest BCUT2D eigenvalue weighted by Gasteiger charge is 2.16. The number of benzene rings is 3. The van der Waals surface area contributed by atoms with E-state index in [-0.39, 0.29) is 23.0 Å². The summed E-state index contributed by atoms with van der Waals surface area (Å²) < 4.78 is 0. The van der Waals surface area contributed by atoms with E-state index in [0.717, 1.165) is 0 Å². The van der Waals surface area contributed by atoms with Gasteiger partial charge in [-0.2, -0.15) is 5.10 Å². The SMILES string of the molecule is O=C(/C(=N\N=Cc1cccc(O)c1O)c1ccccc1)c1ccccc1. The van der Waals surface area contributed by atoms with Gasteiger partial charge in [-0.05, 0) is 12.1 Å². The summed E-state index contributed by atoms with van der Waals surface area (Å²) in [4.78, 5) is 12.8. The largest absolute Gasteiger partial charge is 0.504 e. The number of phenolic OH excluding ortho intramolecular Hbond substituents is 2. The first-order valence-electron chi connectivity index (χ1n) is 7.94. The van der Waals surface area contributed by atoms with Crippen LogP contribution in [0, 0.1) is 0 Å². The quantitative estimate of drug-likeness (QED) is 0.320. The van der Waals surface area contributed by atoms with Crippen LogP contribution in [-0.4, -0.2) is 27.9 Å². The molecule has 0 saturated carbocycles. The second-order valence-electron chi connectivity index (χ2n) is 5.47. The zero-order chi connectivity index (χ0) is 18.4. The van der Waals surface area contributed by atoms with Crippen LogP contribution in [0.5, 0.6) is 11.5 Å². The average molecular weight is 344 g/mol. The summed E-state index contributed by atoms with van der Waals surface area (Å²) in [6, 6.07) is 22.4. The lowest BCUT2D eigenvalue weighted by molar-refractivity contribution is 0.106. The summed E-state index contributed by atoms with van der Waals surface area (Å²) in [6.45, 7) is 0. The summed E-state index contributed by atoms with van der Waals surface area (Å²) in [5.74, 6) is -0.794. The van der Waals surface area contributed by atoms with Crippen LogP contribution in [0.3, 0.4) is 0 Å². The molecule has 0 aliphatic rings. The van der Waals surface area contributed by atoms with E-state index in [2.05, 4.69) is 10.2 Å². The number of aromatic hydroxyl groups is 2. The van der Waals surface area contributed by atoms with Crippen molar-refractivity contribution in [2.24, 2.45) is 10.2 Å². The van der Waals surface area contributed by atoms with Crippen molar-refractivity contribution >= 4 is 17.7 Å². The predicted molar refractivity (Wildman–Crippen MR) is 101 cm³/mol. The van der Waals surface area contributed by atoms with Crippen LogP contribution in [0.1, 0.15) is 21.5 Å². The van der Waals surface area contributed by atoms with E-state index < -0.39 is 0 Å². The zero-order valence-electron chi connectivity index (χ0n) is 13.8. The van der Waals surface area contributed by atoms with Gasteiger partial charge >= 0.3 is 0 Å². The summed E-state index contributed by atoms with van der Waals surface area (Å²) >= 11 is 0. The van der Waals surface area contributed by atoms with E-state index >= 15 is 0 Å². The van der Waals surface area contributed by atoms with Gasteiger partial charge < -0.3 is 10.2 Å². The van der Waals surface area contributed by atoms with Gasteiger partial charge in [0, 0.05) is 16.7 Å². The van der Waals surface area contributed by atoms with Crippen molar-refractivity contribution in [2.75, 3.05) is 0 Å². The Morgan fingerprint density at radius 2 is 1.38 bits per heavy atom. The second kappa shape index (κ2) is 7.90. The fourth-order valence-corrected chi connectivity index (χ4v) is 2.36. The summed E-state index contributed by atoms with van der Waals surface area (Å²) in [5.41, 5.74) is 1.63. The van der Waals surface area contributed by atoms with Crippen LogP contribution in [0.2, 0.25) is 0 Å². The number of Topliss-reactive ketones (excluding diaryl/α,β-unsaturated/α-hetero) is 1. The van der Waals surface area contributed by atoms with Gasteiger partial charge in [-0.25, -0.2) is 0 Å². The molecular formula is C21H16N2O3. The summed E-state index contributed by atoms with van der Waals surface area (Å²) in [5, 5.41) is 27.4. The molecule has 0 unspecified atom stereocenters. The molecule has 0 saturated heterocycles. The molecule has 0 fully saturated rings. The van der Waals surface area contributed by atoms with Gasteiger partial charge in [-0.1, -0.05) is 66.7 Å². The van der Waals surface area contributed by atoms with Crippen molar-refractivity contribution in [3.05, 3.63) is 95.6 Å². The molecule has 0 aliphatic heterocycles. The highest BCUT2D eigenvalue weighted by molar-refractivity contribution is 6.51. The number of phenols is 2. The van der Waals surface area contributed by atoms with Crippen LogP contribution < -0.4 is 0 Å². The third-order valence-electron chi connectivity index (χ3n) is 3.70. The molecule has 0 bridgehead atoms. The molecule has 3 aromatic rings. The molecule has 0 atom stereocenters. The second-order valence-corrected chi connectivity index (χ2v) is 5.47. The third-order valence-corrected chi connectivity index (χ3v) is 3.70. The van der Waals surface area contributed by atoms with E-state index in [9.17, 15) is 15.0 Å². The fraction of sp³-hybridized carbons (Fsp3) is 0. The van der Waals surface area contributed by atoms with Crippen molar-refractivity contribution in [1.29, 1.82) is 0 Å². The molecular weight excluding hydrogens is 328 g/mol. The fourth-order valence-electron chi connectivity index (χ4n) is 2.36. The van der Waals surface area contributed by atoms with E-state index in [1.807, 2.05) is 24.3 Å². The normalized spacial score (nSPS) is 11.6. The van der Waals surface area contributed by atoms with E-state index in [0.29, 0.717) is 16.7 Å². The first-order valence-corrected chi connectivity index (χ1v) is 7.94. The van der Waals surface area contributed by atoms with Gasteiger partial charge in [0.25, 0.3) is 0 Å². The van der Waals surface area contributed by atoms with Crippen molar-refractivity contribution in [1.82, 2.24) is 0 Å². The van der Waals surface area contributed by atoms with Gasteiger partial charge in [0.2, 0.25) is 5.78 Å². The molecule has 0 heterocycles. The topological polar surface area (TPSA) is 82.2 Å². The third kappa shape index (κ3) is 3.84. The highest BCUT2D eigenvalue weighted by atomic mass is 16.3. The lowest BCUT2D eigenvalue weighted by atomic mass is 10.0. The number of hydrogen-bond donors (Lipinski definition) is 2. The Balaban J connectivity index is 1.98. The standard InChI is InChI=1S/C21H16N2O3/c24-18-13-7-12-17(20(18)25)14-22-23-19(15-8-3-1-4-9-15)21(26)16-10-5-2-6-11-16/h1-14,24-25H/b22-14?,23-19-. The Bertz CT molecular complexity index is 965. The molecule has 0 spiro atoms. The maximum atomic E-state index is 12.8. The minimum Gasteiger partial charge on any atom is -0.504 e. The smallest absolute Gasteiger partial charge is 0.213 e. The lowest BCUT2D eigenvalue weighted by Crippen LogP contribution is -2.15. The van der Waals surface area contributed by atoms with Gasteiger partial charge in [-0.15, -0.1) is 5.10 Å². The minimum absolute atomic E-state index is 0.188. The number of ketones is 1. The first-order chi connectivity index (χ1) is 12.7. The van der Waals surface area contributed by atoms with Crippen molar-refractivity contribution in [3.63, 3.8) is 0 Å². The van der Waals surface area contributed by atoms with Gasteiger partial charge in [0.15, 0.2) is 11.5 Å². The lowest BCUT2D eigenvalue weighted by Gasteiger charge is -2.04. The van der Waals surface area contributed by atoms with Crippen LogP contribution in [0.4, 0.5) is 0 Å². The monoisotopic (exact) mass is 344 g/mol. The Hall–Kier alpha value is -3.73. The van der Waals surface area contributed by atoms with Gasteiger partial charge in [-0.3, -0.25) is 4.79 Å². The summed E-state index contributed by atoms with van der Waals surface area (Å²) in [7, 11) is 0. The van der Waals surface area contributed by atoms with Crippen LogP contribution in [0.25, 0.3) is 0 Å². The molecule has 5 nitrogen and oxygen atoms in total. The Morgan fingerprint density at radius 3 is 2.04 bits per heavy atom. The van der Waals surface area contributed by atoms with Crippen molar-refractivity contribution < 1.29 is 15.0 Å². The zero-order valence-corrected chi connectivity index (χ0v) is 13.8. The molecule has 0 aromatic heterocycles. The maximum absolute atomic E-state index is 12.8. The van der Waals surface area contributed by atoms with Crippen molar-refractivity contribution in [3.8, 4) is 11.5 Å². The average Bonchev–Trinajstić information content (AvgIpc) is 2.69. The number of carbonyl (C=O) groups is 1. The number of rotatable bonds is 5. The Kier molecular flexibility index (Phi) is 5.19. The number of hydrogen-bond acceptors (Lipinski definition) is 5. The Labute approximate surface area is 150 Å². The molecule has 5 heteroatoms. The molecule has 2 N–H and O–H groups in total. The van der Waals surface area contributed by atoms with E-state index in [4.69, 9.17) is 0 Å². The minimum atomic E-state index is -0.290. The predicted octanol–water partition coefficient (Wildman–Crippen LogP) is 3.80. The van der Waals surface area contributed by atoms with Crippen molar-refractivity contribution in [2.45, 2.75) is 0 Å². The first kappa shape index (κ1) is 17.1. The number of nitrogens with zero attached hydrogens (tertiary/aromatic N) is 2. The molecule has 0 amide bonds.